The van der Waals surface area contributed by atoms with Crippen molar-refractivity contribution in [1.82, 2.24) is 10.2 Å². The minimum atomic E-state index is -0.428. The summed E-state index contributed by atoms with van der Waals surface area (Å²) in [5.41, 5.74) is 4.23. The molecule has 2 heterocycles. The van der Waals surface area contributed by atoms with Crippen molar-refractivity contribution >= 4 is 11.7 Å². The van der Waals surface area contributed by atoms with Crippen LogP contribution in [0.4, 0.5) is 0 Å². The molecular weight excluding hydrogens is 456 g/mol. The third kappa shape index (κ3) is 4.75. The highest BCUT2D eigenvalue weighted by molar-refractivity contribution is 5.99. The van der Waals surface area contributed by atoms with Gasteiger partial charge in [-0.25, -0.2) is 0 Å². The molecule has 0 saturated carbocycles. The predicted molar refractivity (Wildman–Crippen MR) is 136 cm³/mol. The van der Waals surface area contributed by atoms with E-state index in [9.17, 15) is 9.59 Å². The number of fused-ring (bicyclic) bond motifs is 1. The van der Waals surface area contributed by atoms with Gasteiger partial charge in [0, 0.05) is 42.4 Å². The van der Waals surface area contributed by atoms with Crippen LogP contribution in [0, 0.1) is 5.92 Å². The Morgan fingerprint density at radius 1 is 1.08 bits per heavy atom. The summed E-state index contributed by atoms with van der Waals surface area (Å²) in [6, 6.07) is 15.7. The van der Waals surface area contributed by atoms with Gasteiger partial charge in [0.25, 0.3) is 5.91 Å². The van der Waals surface area contributed by atoms with Gasteiger partial charge >= 0.3 is 0 Å². The third-order valence-electron chi connectivity index (χ3n) is 7.13. The molecule has 2 aromatic rings. The summed E-state index contributed by atoms with van der Waals surface area (Å²) in [5.74, 6) is 0.460. The van der Waals surface area contributed by atoms with Crippen LogP contribution in [0.15, 0.2) is 71.6 Å². The fraction of sp³-hybridized carbons (Fsp3) is 0.379. The van der Waals surface area contributed by atoms with Crippen LogP contribution in [0.2, 0.25) is 0 Å². The Labute approximate surface area is 211 Å². The molecule has 7 heteroatoms. The van der Waals surface area contributed by atoms with Crippen molar-refractivity contribution in [3.05, 3.63) is 82.7 Å². The number of nitrogens with zero attached hydrogens (tertiary/aromatic N) is 1. The second-order valence-electron chi connectivity index (χ2n) is 9.37. The molecular formula is C29H32N2O5. The van der Waals surface area contributed by atoms with Gasteiger partial charge in [-0.15, -0.1) is 0 Å². The van der Waals surface area contributed by atoms with Gasteiger partial charge < -0.3 is 24.4 Å². The molecule has 5 rings (SSSR count). The zero-order valence-electron chi connectivity index (χ0n) is 20.8. The molecule has 0 aromatic heterocycles. The Morgan fingerprint density at radius 3 is 2.61 bits per heavy atom. The smallest absolute Gasteiger partial charge is 0.252 e. The molecule has 1 amide bonds. The Hall–Kier alpha value is -3.58. The van der Waals surface area contributed by atoms with Crippen LogP contribution < -0.4 is 14.8 Å². The van der Waals surface area contributed by atoms with Gasteiger partial charge in [0.2, 0.25) is 0 Å². The van der Waals surface area contributed by atoms with Crippen LogP contribution in [0.5, 0.6) is 11.5 Å². The molecule has 2 unspecified atom stereocenters. The average Bonchev–Trinajstić information content (AvgIpc) is 2.92. The summed E-state index contributed by atoms with van der Waals surface area (Å²) in [6.07, 6.45) is 3.27. The van der Waals surface area contributed by atoms with E-state index in [-0.39, 0.29) is 11.7 Å². The number of ether oxygens (including phenoxy) is 3. The van der Waals surface area contributed by atoms with E-state index >= 15 is 0 Å². The van der Waals surface area contributed by atoms with Gasteiger partial charge in [0.15, 0.2) is 11.5 Å². The number of allylic oxidation sites excluding steroid dienone is 3. The second kappa shape index (κ2) is 10.6. The first-order chi connectivity index (χ1) is 17.6. The number of amides is 1. The molecule has 1 saturated heterocycles. The van der Waals surface area contributed by atoms with Crippen molar-refractivity contribution in [3.8, 4) is 11.5 Å². The maximum atomic E-state index is 13.8. The number of methoxy groups -OCH3 is 1. The predicted octanol–water partition coefficient (Wildman–Crippen LogP) is 3.96. The molecule has 2 aromatic carbocycles. The fourth-order valence-electron chi connectivity index (χ4n) is 5.33. The molecule has 0 radical (unpaired) electrons. The minimum absolute atomic E-state index is 0.0471. The lowest BCUT2D eigenvalue weighted by atomic mass is 9.70. The molecule has 2 aliphatic heterocycles. The van der Waals surface area contributed by atoms with Crippen molar-refractivity contribution in [2.45, 2.75) is 32.3 Å². The standard InChI is InChI=1S/C29H32N2O5/c1-19-26(29(33)31-13-15-35-16-14-31)27(28-22(30-19)9-6-10-23(28)32)21-11-12-24(25(17-21)34-2)36-18-20-7-4-3-5-8-20/h3-5,7-9,11-12,17,27-28,30H,6,10,13-16,18H2,1-2H3. The van der Waals surface area contributed by atoms with E-state index in [0.717, 1.165) is 22.5 Å². The molecule has 0 bridgehead atoms. The van der Waals surface area contributed by atoms with E-state index < -0.39 is 11.8 Å². The number of hydrogen-bond donors (Lipinski definition) is 1. The molecule has 188 valence electrons. The van der Waals surface area contributed by atoms with E-state index in [2.05, 4.69) is 11.4 Å². The SMILES string of the molecule is COc1cc(C2C(C(=O)N3CCOCC3)=C(C)NC3=CCCC(=O)C32)ccc1OCc1ccccc1. The molecule has 1 aliphatic carbocycles. The van der Waals surface area contributed by atoms with Gasteiger partial charge in [0.05, 0.1) is 26.2 Å². The van der Waals surface area contributed by atoms with E-state index in [1.807, 2.05) is 60.4 Å². The first kappa shape index (κ1) is 24.1. The van der Waals surface area contributed by atoms with Crippen LogP contribution in [0.3, 0.4) is 0 Å². The number of morpholine rings is 1. The highest BCUT2D eigenvalue weighted by atomic mass is 16.5. The van der Waals surface area contributed by atoms with Gasteiger partial charge in [-0.3, -0.25) is 9.59 Å². The molecule has 0 spiro atoms. The summed E-state index contributed by atoms with van der Waals surface area (Å²) >= 11 is 0. The van der Waals surface area contributed by atoms with Gasteiger partial charge in [-0.05, 0) is 36.6 Å². The first-order valence-corrected chi connectivity index (χ1v) is 12.5. The number of hydrogen-bond acceptors (Lipinski definition) is 6. The fourth-order valence-corrected chi connectivity index (χ4v) is 5.33. The Balaban J connectivity index is 1.52. The summed E-state index contributed by atoms with van der Waals surface area (Å²) in [4.78, 5) is 28.9. The molecule has 3 aliphatic rings. The molecule has 36 heavy (non-hydrogen) atoms. The normalized spacial score (nSPS) is 21.9. The summed E-state index contributed by atoms with van der Waals surface area (Å²) in [7, 11) is 1.61. The van der Waals surface area contributed by atoms with E-state index in [1.165, 1.54) is 0 Å². The minimum Gasteiger partial charge on any atom is -0.493 e. The number of nitrogens with one attached hydrogen (secondary N) is 1. The van der Waals surface area contributed by atoms with Crippen molar-refractivity contribution < 1.29 is 23.8 Å². The number of carbonyl (C=O) groups excluding carboxylic acids is 2. The maximum absolute atomic E-state index is 13.8. The van der Waals surface area contributed by atoms with Crippen molar-refractivity contribution in [3.63, 3.8) is 0 Å². The number of benzene rings is 2. The maximum Gasteiger partial charge on any atom is 0.252 e. The Kier molecular flexibility index (Phi) is 7.09. The lowest BCUT2D eigenvalue weighted by molar-refractivity contribution is -0.132. The van der Waals surface area contributed by atoms with Crippen molar-refractivity contribution in [2.75, 3.05) is 33.4 Å². The van der Waals surface area contributed by atoms with Crippen LogP contribution >= 0.6 is 0 Å². The lowest BCUT2D eigenvalue weighted by Gasteiger charge is -2.40. The zero-order chi connectivity index (χ0) is 25.1. The molecule has 7 nitrogen and oxygen atoms in total. The quantitative estimate of drug-likeness (QED) is 0.664. The van der Waals surface area contributed by atoms with Crippen molar-refractivity contribution in [2.24, 2.45) is 5.92 Å². The Morgan fingerprint density at radius 2 is 1.86 bits per heavy atom. The largest absolute Gasteiger partial charge is 0.493 e. The monoisotopic (exact) mass is 488 g/mol. The zero-order valence-corrected chi connectivity index (χ0v) is 20.8. The van der Waals surface area contributed by atoms with Crippen LogP contribution in [-0.4, -0.2) is 50.0 Å². The van der Waals surface area contributed by atoms with Crippen LogP contribution in [0.25, 0.3) is 0 Å². The topological polar surface area (TPSA) is 77.1 Å². The molecule has 2 atom stereocenters. The van der Waals surface area contributed by atoms with Gasteiger partial charge in [-0.2, -0.15) is 0 Å². The van der Waals surface area contributed by atoms with Gasteiger partial charge in [0.1, 0.15) is 12.4 Å². The second-order valence-corrected chi connectivity index (χ2v) is 9.37. The molecule has 1 N–H and O–H groups in total. The first-order valence-electron chi connectivity index (χ1n) is 12.5. The Bertz CT molecular complexity index is 1200. The van der Waals surface area contributed by atoms with Crippen LogP contribution in [-0.2, 0) is 20.9 Å². The van der Waals surface area contributed by atoms with E-state index in [0.29, 0.717) is 62.8 Å². The van der Waals surface area contributed by atoms with Gasteiger partial charge in [-0.1, -0.05) is 42.5 Å². The summed E-state index contributed by atoms with van der Waals surface area (Å²) < 4.78 is 17.2. The number of Topliss-reactive ketones (excluding diaryl/α,β-unsaturated/α-hetero) is 1. The van der Waals surface area contributed by atoms with E-state index in [1.54, 1.807) is 7.11 Å². The molecule has 1 fully saturated rings. The van der Waals surface area contributed by atoms with Crippen LogP contribution in [0.1, 0.15) is 36.8 Å². The average molecular weight is 489 g/mol. The summed E-state index contributed by atoms with van der Waals surface area (Å²) in [5, 5.41) is 3.38. The lowest BCUT2D eigenvalue weighted by Crippen LogP contribution is -2.47. The highest BCUT2D eigenvalue weighted by Crippen LogP contribution is 2.46. The summed E-state index contributed by atoms with van der Waals surface area (Å²) in [6.45, 7) is 4.46. The number of ketones is 1. The number of rotatable bonds is 6. The number of carbonyl (C=O) groups is 2. The van der Waals surface area contributed by atoms with Crippen molar-refractivity contribution in [1.29, 1.82) is 0 Å². The highest BCUT2D eigenvalue weighted by Gasteiger charge is 2.44. The third-order valence-corrected chi connectivity index (χ3v) is 7.13. The van der Waals surface area contributed by atoms with E-state index in [4.69, 9.17) is 14.2 Å².